The molecule has 1 aliphatic carbocycles. The molecule has 2 nitrogen and oxygen atoms in total. The molecular weight excluding hydrogens is 364 g/mol. The summed E-state index contributed by atoms with van der Waals surface area (Å²) in [7, 11) is 0. The van der Waals surface area contributed by atoms with Crippen molar-refractivity contribution < 1.29 is 0 Å². The largest absolute Gasteiger partial charge is 0.398 e. The van der Waals surface area contributed by atoms with E-state index in [0.29, 0.717) is 0 Å². The van der Waals surface area contributed by atoms with Gasteiger partial charge in [-0.05, 0) is 86.3 Å². The van der Waals surface area contributed by atoms with Gasteiger partial charge in [0.05, 0.1) is 0 Å². The van der Waals surface area contributed by atoms with E-state index >= 15 is 0 Å². The molecule has 30 heavy (non-hydrogen) atoms. The zero-order valence-corrected chi connectivity index (χ0v) is 19.0. The standard InChI is InChI=1S/C28H36N2/c1-5-7-14-27(30-6-2)26(25-13-8-10-20(3)21(25)4)19-22-15-17-24(18-16-22)28(29)23-11-9-12-23/h6,8,10,13-18,26H,5,7,9,11-12,19,29H2,1-4H3/b27-14-,30-6?. The Morgan fingerprint density at radius 3 is 2.43 bits per heavy atom. The SMILES string of the molecule is CC=N/C(=C\CCC)C(Cc1ccc(C(N)=C2CCC2)cc1)c1cccc(C)c1C. The monoisotopic (exact) mass is 400 g/mol. The van der Waals surface area contributed by atoms with E-state index in [4.69, 9.17) is 10.7 Å². The fraction of sp³-hybridized carbons (Fsp3) is 0.393. The van der Waals surface area contributed by atoms with Gasteiger partial charge in [0.2, 0.25) is 0 Å². The third kappa shape index (κ3) is 5.11. The van der Waals surface area contributed by atoms with Gasteiger partial charge in [-0.15, -0.1) is 0 Å². The minimum absolute atomic E-state index is 0.251. The van der Waals surface area contributed by atoms with E-state index in [0.717, 1.165) is 43.4 Å². The van der Waals surface area contributed by atoms with Gasteiger partial charge in [-0.3, -0.25) is 4.99 Å². The second-order valence-electron chi connectivity index (χ2n) is 8.42. The molecule has 0 heterocycles. The number of nitrogens with two attached hydrogens (primary N) is 1. The number of rotatable bonds is 8. The Labute approximate surface area is 182 Å². The first kappa shape index (κ1) is 22.1. The molecule has 0 aromatic heterocycles. The maximum Gasteiger partial charge on any atom is 0.0437 e. The van der Waals surface area contributed by atoms with Gasteiger partial charge in [-0.1, -0.05) is 61.9 Å². The molecule has 2 aromatic rings. The Bertz CT molecular complexity index is 939. The predicted octanol–water partition coefficient (Wildman–Crippen LogP) is 7.26. The smallest absolute Gasteiger partial charge is 0.0437 e. The molecule has 0 spiro atoms. The number of benzene rings is 2. The van der Waals surface area contributed by atoms with E-state index in [2.05, 4.69) is 69.3 Å². The van der Waals surface area contributed by atoms with Crippen LogP contribution in [0.4, 0.5) is 0 Å². The van der Waals surface area contributed by atoms with Gasteiger partial charge in [0.25, 0.3) is 0 Å². The summed E-state index contributed by atoms with van der Waals surface area (Å²) >= 11 is 0. The zero-order chi connectivity index (χ0) is 21.5. The summed E-state index contributed by atoms with van der Waals surface area (Å²) in [6, 6.07) is 15.5. The minimum atomic E-state index is 0.251. The number of unbranched alkanes of at least 4 members (excludes halogenated alkanes) is 1. The van der Waals surface area contributed by atoms with Crippen LogP contribution in [-0.2, 0) is 6.42 Å². The Morgan fingerprint density at radius 1 is 1.10 bits per heavy atom. The van der Waals surface area contributed by atoms with Crippen LogP contribution in [0.2, 0.25) is 0 Å². The summed E-state index contributed by atoms with van der Waals surface area (Å²) in [6.45, 7) is 8.65. The fourth-order valence-electron chi connectivity index (χ4n) is 4.13. The van der Waals surface area contributed by atoms with Crippen molar-refractivity contribution in [3.8, 4) is 0 Å². The van der Waals surface area contributed by atoms with Crippen molar-refractivity contribution in [1.29, 1.82) is 0 Å². The Balaban J connectivity index is 1.95. The highest BCUT2D eigenvalue weighted by molar-refractivity contribution is 5.67. The lowest BCUT2D eigenvalue weighted by Crippen LogP contribution is -2.10. The van der Waals surface area contributed by atoms with Crippen LogP contribution in [0.3, 0.4) is 0 Å². The topological polar surface area (TPSA) is 38.4 Å². The average Bonchev–Trinajstić information content (AvgIpc) is 2.71. The molecule has 1 aliphatic rings. The van der Waals surface area contributed by atoms with Gasteiger partial charge >= 0.3 is 0 Å². The van der Waals surface area contributed by atoms with E-state index in [1.165, 1.54) is 39.9 Å². The first-order valence-electron chi connectivity index (χ1n) is 11.4. The van der Waals surface area contributed by atoms with Crippen LogP contribution >= 0.6 is 0 Å². The zero-order valence-electron chi connectivity index (χ0n) is 19.0. The summed E-state index contributed by atoms with van der Waals surface area (Å²) in [5, 5.41) is 0. The van der Waals surface area contributed by atoms with Crippen LogP contribution in [0.25, 0.3) is 5.70 Å². The second kappa shape index (κ2) is 10.4. The number of aliphatic imine (C=N–C) groups is 1. The van der Waals surface area contributed by atoms with E-state index in [9.17, 15) is 0 Å². The molecule has 1 saturated carbocycles. The Hall–Kier alpha value is -2.61. The first-order chi connectivity index (χ1) is 14.5. The number of hydrogen-bond donors (Lipinski definition) is 1. The number of nitrogens with zero attached hydrogens (tertiary/aromatic N) is 1. The quantitative estimate of drug-likeness (QED) is 0.465. The molecular formula is C28H36N2. The van der Waals surface area contributed by atoms with E-state index in [1.54, 1.807) is 0 Å². The minimum Gasteiger partial charge on any atom is -0.398 e. The molecule has 2 N–H and O–H groups in total. The van der Waals surface area contributed by atoms with E-state index < -0.39 is 0 Å². The molecule has 1 unspecified atom stereocenters. The number of allylic oxidation sites excluding steroid dienone is 3. The van der Waals surface area contributed by atoms with Crippen LogP contribution in [0, 0.1) is 13.8 Å². The normalized spacial score (nSPS) is 15.3. The lowest BCUT2D eigenvalue weighted by Gasteiger charge is -2.22. The molecule has 0 aliphatic heterocycles. The van der Waals surface area contributed by atoms with Crippen LogP contribution in [0.5, 0.6) is 0 Å². The molecule has 0 bridgehead atoms. The summed E-state index contributed by atoms with van der Waals surface area (Å²) in [5.74, 6) is 0.251. The third-order valence-corrected chi connectivity index (χ3v) is 6.34. The van der Waals surface area contributed by atoms with Crippen molar-refractivity contribution >= 4 is 11.9 Å². The molecule has 0 saturated heterocycles. The van der Waals surface area contributed by atoms with Crippen molar-refractivity contribution in [2.24, 2.45) is 10.7 Å². The predicted molar refractivity (Wildman–Crippen MR) is 131 cm³/mol. The average molecular weight is 401 g/mol. The lowest BCUT2D eigenvalue weighted by atomic mass is 9.84. The molecule has 2 heteroatoms. The highest BCUT2D eigenvalue weighted by atomic mass is 14.7. The Kier molecular flexibility index (Phi) is 7.68. The van der Waals surface area contributed by atoms with Gasteiger partial charge in [0.1, 0.15) is 0 Å². The van der Waals surface area contributed by atoms with Crippen LogP contribution < -0.4 is 5.73 Å². The van der Waals surface area contributed by atoms with Gasteiger partial charge in [0.15, 0.2) is 0 Å². The molecule has 0 amide bonds. The van der Waals surface area contributed by atoms with Crippen molar-refractivity contribution in [2.75, 3.05) is 0 Å². The number of aryl methyl sites for hydroxylation is 1. The molecule has 1 atom stereocenters. The van der Waals surface area contributed by atoms with Crippen molar-refractivity contribution in [3.05, 3.63) is 87.6 Å². The van der Waals surface area contributed by atoms with Crippen LogP contribution in [0.1, 0.15) is 79.7 Å². The lowest BCUT2D eigenvalue weighted by molar-refractivity contribution is 0.664. The van der Waals surface area contributed by atoms with E-state index in [1.807, 2.05) is 13.1 Å². The summed E-state index contributed by atoms with van der Waals surface area (Å²) in [6.07, 6.45) is 11.0. The van der Waals surface area contributed by atoms with Gasteiger partial charge in [0, 0.05) is 23.5 Å². The van der Waals surface area contributed by atoms with E-state index in [-0.39, 0.29) is 5.92 Å². The summed E-state index contributed by atoms with van der Waals surface area (Å²) < 4.78 is 0. The van der Waals surface area contributed by atoms with Crippen LogP contribution in [0.15, 0.2) is 64.8 Å². The molecule has 3 rings (SSSR count). The third-order valence-electron chi connectivity index (χ3n) is 6.34. The van der Waals surface area contributed by atoms with Gasteiger partial charge in [-0.2, -0.15) is 0 Å². The first-order valence-corrected chi connectivity index (χ1v) is 11.4. The highest BCUT2D eigenvalue weighted by Gasteiger charge is 2.20. The molecule has 1 fully saturated rings. The van der Waals surface area contributed by atoms with Gasteiger partial charge < -0.3 is 5.73 Å². The summed E-state index contributed by atoms with van der Waals surface area (Å²) in [5.41, 5.74) is 16.5. The maximum atomic E-state index is 6.37. The van der Waals surface area contributed by atoms with Gasteiger partial charge in [-0.25, -0.2) is 0 Å². The van der Waals surface area contributed by atoms with Crippen molar-refractivity contribution in [3.63, 3.8) is 0 Å². The molecule has 0 radical (unpaired) electrons. The van der Waals surface area contributed by atoms with Crippen LogP contribution in [-0.4, -0.2) is 6.21 Å². The fourth-order valence-corrected chi connectivity index (χ4v) is 4.13. The molecule has 2 aromatic carbocycles. The van der Waals surface area contributed by atoms with Crippen molar-refractivity contribution in [1.82, 2.24) is 0 Å². The highest BCUT2D eigenvalue weighted by Crippen LogP contribution is 2.34. The Morgan fingerprint density at radius 2 is 1.83 bits per heavy atom. The second-order valence-corrected chi connectivity index (χ2v) is 8.42. The molecule has 158 valence electrons. The number of hydrogen-bond acceptors (Lipinski definition) is 2. The van der Waals surface area contributed by atoms with Crippen molar-refractivity contribution in [2.45, 2.75) is 72.1 Å². The maximum absolute atomic E-state index is 6.37. The summed E-state index contributed by atoms with van der Waals surface area (Å²) in [4.78, 5) is 4.80.